The van der Waals surface area contributed by atoms with Crippen LogP contribution in [0.1, 0.15) is 45.5 Å². The quantitative estimate of drug-likeness (QED) is 0.533. The van der Waals surface area contributed by atoms with Crippen molar-refractivity contribution < 1.29 is 19.8 Å². The summed E-state index contributed by atoms with van der Waals surface area (Å²) in [7, 11) is 2.24. The maximum atomic E-state index is 10.6. The number of nitrogens with two attached hydrogens (primary N) is 1. The van der Waals surface area contributed by atoms with Crippen molar-refractivity contribution in [2.45, 2.75) is 38.8 Å². The number of nitrogens with zero attached hydrogens (tertiary/aromatic N) is 2. The van der Waals surface area contributed by atoms with E-state index in [9.17, 15) is 9.59 Å². The van der Waals surface area contributed by atoms with Gasteiger partial charge in [-0.2, -0.15) is 0 Å². The minimum Gasteiger partial charge on any atom is -0.478 e. The zero-order chi connectivity index (χ0) is 22.5. The van der Waals surface area contributed by atoms with Crippen LogP contribution in [0.15, 0.2) is 48.7 Å². The van der Waals surface area contributed by atoms with Gasteiger partial charge in [-0.05, 0) is 81.7 Å². The first-order valence-corrected chi connectivity index (χ1v) is 10.4. The van der Waals surface area contributed by atoms with Crippen LogP contribution in [-0.2, 0) is 6.54 Å². The second kappa shape index (κ2) is 9.66. The second-order valence-corrected chi connectivity index (χ2v) is 7.98. The number of anilines is 1. The van der Waals surface area contributed by atoms with Gasteiger partial charge in [0, 0.05) is 35.4 Å². The van der Waals surface area contributed by atoms with Crippen LogP contribution < -0.4 is 5.73 Å². The van der Waals surface area contributed by atoms with Crippen molar-refractivity contribution in [1.82, 2.24) is 9.47 Å². The molecule has 1 atom stereocenters. The molecule has 7 heteroatoms. The molecule has 1 fully saturated rings. The zero-order valence-electron chi connectivity index (χ0n) is 17.9. The summed E-state index contributed by atoms with van der Waals surface area (Å²) >= 11 is 0. The van der Waals surface area contributed by atoms with Crippen LogP contribution >= 0.6 is 0 Å². The molecule has 1 aliphatic heterocycles. The number of rotatable bonds is 5. The number of nitrogen functional groups attached to an aromatic ring is 1. The van der Waals surface area contributed by atoms with Gasteiger partial charge < -0.3 is 25.4 Å². The molecule has 0 amide bonds. The van der Waals surface area contributed by atoms with E-state index < -0.39 is 11.9 Å². The van der Waals surface area contributed by atoms with Crippen molar-refractivity contribution in [2.75, 3.05) is 19.3 Å². The number of aromatic carboxylic acids is 2. The van der Waals surface area contributed by atoms with E-state index in [1.807, 2.05) is 12.1 Å². The molecule has 2 heterocycles. The number of aromatic nitrogens is 1. The van der Waals surface area contributed by atoms with Crippen molar-refractivity contribution in [3.05, 3.63) is 65.4 Å². The van der Waals surface area contributed by atoms with Crippen LogP contribution in [0.3, 0.4) is 0 Å². The SMILES string of the molecule is CN1CCCC1CCn1ccc2cc(N)ccc21.Cc1c(C(=O)O)cccc1C(=O)O. The number of hydrogen-bond acceptors (Lipinski definition) is 4. The average molecular weight is 424 g/mol. The van der Waals surface area contributed by atoms with E-state index in [-0.39, 0.29) is 16.7 Å². The van der Waals surface area contributed by atoms with Gasteiger partial charge in [-0.25, -0.2) is 9.59 Å². The van der Waals surface area contributed by atoms with Gasteiger partial charge in [0.15, 0.2) is 0 Å². The summed E-state index contributed by atoms with van der Waals surface area (Å²) in [6, 6.07) is 13.3. The fraction of sp³-hybridized carbons (Fsp3) is 0.333. The Balaban J connectivity index is 0.000000187. The first kappa shape index (κ1) is 22.4. The number of carboxylic acids is 2. The molecule has 0 bridgehead atoms. The highest BCUT2D eigenvalue weighted by atomic mass is 16.4. The number of carbonyl (C=O) groups is 2. The topological polar surface area (TPSA) is 109 Å². The minimum absolute atomic E-state index is 0.0277. The Labute approximate surface area is 181 Å². The molecule has 164 valence electrons. The number of hydrogen-bond donors (Lipinski definition) is 3. The third-order valence-electron chi connectivity index (χ3n) is 5.96. The van der Waals surface area contributed by atoms with Crippen LogP contribution in [0.2, 0.25) is 0 Å². The number of likely N-dealkylation sites (tertiary alicyclic amines) is 1. The average Bonchev–Trinajstić information content (AvgIpc) is 3.31. The molecular weight excluding hydrogens is 394 g/mol. The number of benzene rings is 2. The molecule has 0 spiro atoms. The second-order valence-electron chi connectivity index (χ2n) is 7.98. The molecule has 7 nitrogen and oxygen atoms in total. The Bertz CT molecular complexity index is 1060. The molecule has 1 aliphatic rings. The number of aryl methyl sites for hydroxylation is 1. The first-order chi connectivity index (χ1) is 14.8. The molecule has 1 aromatic heterocycles. The Morgan fingerprint density at radius 1 is 1.10 bits per heavy atom. The Hall–Kier alpha value is -3.32. The van der Waals surface area contributed by atoms with E-state index >= 15 is 0 Å². The smallest absolute Gasteiger partial charge is 0.335 e. The van der Waals surface area contributed by atoms with Gasteiger partial charge in [-0.3, -0.25) is 0 Å². The van der Waals surface area contributed by atoms with Crippen LogP contribution in [0.4, 0.5) is 5.69 Å². The van der Waals surface area contributed by atoms with E-state index in [0.717, 1.165) is 18.3 Å². The molecule has 1 unspecified atom stereocenters. The summed E-state index contributed by atoms with van der Waals surface area (Å²) in [4.78, 5) is 23.7. The molecule has 0 aliphatic carbocycles. The van der Waals surface area contributed by atoms with E-state index in [1.165, 1.54) is 61.8 Å². The summed E-state index contributed by atoms with van der Waals surface area (Å²) < 4.78 is 2.35. The number of carboxylic acid groups (broad SMARTS) is 2. The van der Waals surface area contributed by atoms with Crippen molar-refractivity contribution in [3.63, 3.8) is 0 Å². The zero-order valence-corrected chi connectivity index (χ0v) is 17.9. The summed E-state index contributed by atoms with van der Waals surface area (Å²) in [5.41, 5.74) is 8.28. The first-order valence-electron chi connectivity index (χ1n) is 10.4. The molecule has 2 aromatic carbocycles. The highest BCUT2D eigenvalue weighted by Crippen LogP contribution is 2.22. The largest absolute Gasteiger partial charge is 0.478 e. The lowest BCUT2D eigenvalue weighted by Gasteiger charge is -2.19. The minimum atomic E-state index is -1.11. The summed E-state index contributed by atoms with van der Waals surface area (Å²) in [6.07, 6.45) is 6.12. The third kappa shape index (κ3) is 5.24. The predicted molar refractivity (Wildman–Crippen MR) is 122 cm³/mol. The van der Waals surface area contributed by atoms with Gasteiger partial charge in [0.25, 0.3) is 0 Å². The van der Waals surface area contributed by atoms with Gasteiger partial charge in [-0.1, -0.05) is 6.07 Å². The maximum absolute atomic E-state index is 10.6. The highest BCUT2D eigenvalue weighted by molar-refractivity contribution is 5.96. The van der Waals surface area contributed by atoms with Gasteiger partial charge in [0.1, 0.15) is 0 Å². The maximum Gasteiger partial charge on any atom is 0.335 e. The Kier molecular flexibility index (Phi) is 6.97. The van der Waals surface area contributed by atoms with Crippen molar-refractivity contribution >= 4 is 28.5 Å². The van der Waals surface area contributed by atoms with Crippen molar-refractivity contribution in [1.29, 1.82) is 0 Å². The molecule has 0 saturated carbocycles. The fourth-order valence-electron chi connectivity index (χ4n) is 4.14. The van der Waals surface area contributed by atoms with Gasteiger partial charge in [0.05, 0.1) is 11.1 Å². The van der Waals surface area contributed by atoms with E-state index in [4.69, 9.17) is 15.9 Å². The standard InChI is InChI=1S/C15H21N3.C9H8O4/c1-17-8-2-3-14(17)7-10-18-9-6-12-11-13(16)4-5-15(12)18;1-5-6(8(10)11)3-2-4-7(5)9(12)13/h4-6,9,11,14H,2-3,7-8,10,16H2,1H3;2-4H,1H3,(H,10,11)(H,12,13). The van der Waals surface area contributed by atoms with Crippen LogP contribution in [-0.4, -0.2) is 51.3 Å². The summed E-state index contributed by atoms with van der Waals surface area (Å²) in [5, 5.41) is 18.6. The van der Waals surface area contributed by atoms with Crippen LogP contribution in [0.25, 0.3) is 10.9 Å². The van der Waals surface area contributed by atoms with E-state index in [2.05, 4.69) is 34.8 Å². The summed E-state index contributed by atoms with van der Waals surface area (Å²) in [6.45, 7) is 3.84. The summed E-state index contributed by atoms with van der Waals surface area (Å²) in [5.74, 6) is -2.22. The van der Waals surface area contributed by atoms with Gasteiger partial charge >= 0.3 is 11.9 Å². The third-order valence-corrected chi connectivity index (χ3v) is 5.96. The van der Waals surface area contributed by atoms with Crippen LogP contribution in [0, 0.1) is 6.92 Å². The molecule has 3 aromatic rings. The van der Waals surface area contributed by atoms with Crippen LogP contribution in [0.5, 0.6) is 0 Å². The monoisotopic (exact) mass is 423 g/mol. The normalized spacial score (nSPS) is 16.1. The Morgan fingerprint density at radius 2 is 1.77 bits per heavy atom. The molecule has 4 N–H and O–H groups in total. The Morgan fingerprint density at radius 3 is 2.35 bits per heavy atom. The van der Waals surface area contributed by atoms with Gasteiger partial charge in [-0.15, -0.1) is 0 Å². The predicted octanol–water partition coefficient (Wildman–Crippen LogP) is 4.10. The molecule has 4 rings (SSSR count). The molecule has 1 saturated heterocycles. The lowest BCUT2D eigenvalue weighted by Crippen LogP contribution is -2.25. The molecular formula is C24H29N3O4. The van der Waals surface area contributed by atoms with E-state index in [1.54, 1.807) is 0 Å². The fourth-order valence-corrected chi connectivity index (χ4v) is 4.14. The highest BCUT2D eigenvalue weighted by Gasteiger charge is 2.20. The molecule has 0 radical (unpaired) electrons. The van der Waals surface area contributed by atoms with Crippen molar-refractivity contribution in [3.8, 4) is 0 Å². The molecule has 31 heavy (non-hydrogen) atoms. The van der Waals surface area contributed by atoms with Gasteiger partial charge in [0.2, 0.25) is 0 Å². The number of fused-ring (bicyclic) bond motifs is 1. The van der Waals surface area contributed by atoms with E-state index in [0.29, 0.717) is 0 Å². The lowest BCUT2D eigenvalue weighted by molar-refractivity contribution is 0.0696. The lowest BCUT2D eigenvalue weighted by atomic mass is 10.0. The van der Waals surface area contributed by atoms with Crippen molar-refractivity contribution in [2.24, 2.45) is 0 Å².